The molecule has 0 amide bonds. The third kappa shape index (κ3) is 7.70. The normalized spacial score (nSPS) is 13.4. The summed E-state index contributed by atoms with van der Waals surface area (Å²) in [6, 6.07) is 8.36. The minimum atomic E-state index is -5.38. The first kappa shape index (κ1) is 41.7. The highest BCUT2D eigenvalue weighted by Gasteiger charge is 2.27. The van der Waals surface area contributed by atoms with Gasteiger partial charge in [0.15, 0.2) is 5.75 Å². The van der Waals surface area contributed by atoms with Gasteiger partial charge in [-0.1, -0.05) is 0 Å². The molecule has 0 saturated heterocycles. The van der Waals surface area contributed by atoms with Gasteiger partial charge in [0.25, 0.3) is 50.6 Å². The number of nitrogen functional groups attached to an aromatic ring is 1. The number of aromatic hydroxyl groups is 3. The monoisotopic (exact) mass is 899 g/mol. The maximum absolute atomic E-state index is 12.7. The van der Waals surface area contributed by atoms with Crippen molar-refractivity contribution < 1.29 is 80.2 Å². The fourth-order valence-corrected chi connectivity index (χ4v) is 8.82. The Morgan fingerprint density at radius 2 is 0.810 bits per heavy atom. The zero-order chi connectivity index (χ0) is 43.1. The molecule has 0 aliphatic carbocycles. The van der Waals surface area contributed by atoms with E-state index in [1.165, 1.54) is 0 Å². The molecule has 0 unspecified atom stereocenters. The van der Waals surface area contributed by atoms with Gasteiger partial charge < -0.3 is 21.1 Å². The number of hydrogen-bond acceptors (Lipinski definition) is 18. The van der Waals surface area contributed by atoms with Gasteiger partial charge >= 0.3 is 0 Å². The molecule has 28 heteroatoms. The Morgan fingerprint density at radius 1 is 0.414 bits per heavy atom. The molecule has 0 aliphatic heterocycles. The van der Waals surface area contributed by atoms with Gasteiger partial charge in [0.05, 0.1) is 43.0 Å². The van der Waals surface area contributed by atoms with Gasteiger partial charge in [-0.15, -0.1) is 20.5 Å². The summed E-state index contributed by atoms with van der Waals surface area (Å²) in [4.78, 5) is -5.02. The summed E-state index contributed by atoms with van der Waals surface area (Å²) in [5.74, 6) is -3.08. The van der Waals surface area contributed by atoms with Crippen LogP contribution in [0.1, 0.15) is 0 Å². The third-order valence-corrected chi connectivity index (χ3v) is 12.5. The van der Waals surface area contributed by atoms with E-state index >= 15 is 0 Å². The molecule has 0 aliphatic rings. The number of phenolic OH excluding ortho intramolecular Hbond substituents is 3. The van der Waals surface area contributed by atoms with Crippen molar-refractivity contribution in [2.24, 2.45) is 20.5 Å². The molecule has 0 spiro atoms. The molecule has 304 valence electrons. The molecule has 58 heavy (non-hydrogen) atoms. The van der Waals surface area contributed by atoms with Gasteiger partial charge in [-0.2, -0.15) is 42.1 Å². The Labute approximate surface area is 324 Å². The van der Waals surface area contributed by atoms with Crippen molar-refractivity contribution in [3.05, 3.63) is 66.7 Å². The van der Waals surface area contributed by atoms with Crippen molar-refractivity contribution in [2.45, 2.75) is 24.5 Å². The highest BCUT2D eigenvalue weighted by Crippen LogP contribution is 2.48. The van der Waals surface area contributed by atoms with Gasteiger partial charge in [0.2, 0.25) is 0 Å². The average molecular weight is 900 g/mol. The van der Waals surface area contributed by atoms with Crippen LogP contribution in [-0.4, -0.2) is 80.2 Å². The van der Waals surface area contributed by atoms with E-state index in [-0.39, 0.29) is 16.8 Å². The summed E-state index contributed by atoms with van der Waals surface area (Å²) in [6.45, 7) is 0. The second-order valence-corrected chi connectivity index (χ2v) is 18.9. The van der Waals surface area contributed by atoms with Crippen molar-refractivity contribution in [1.29, 1.82) is 0 Å². The van der Waals surface area contributed by atoms with Gasteiger partial charge in [-0.05, 0) is 54.6 Å². The van der Waals surface area contributed by atoms with E-state index in [2.05, 4.69) is 20.5 Å². The Bertz CT molecular complexity index is 3470. The van der Waals surface area contributed by atoms with Crippen LogP contribution >= 0.6 is 0 Å². The largest absolute Gasteiger partial charge is 0.507 e. The molecule has 6 aromatic carbocycles. The minimum absolute atomic E-state index is 0.276. The first-order valence-electron chi connectivity index (χ1n) is 15.0. The van der Waals surface area contributed by atoms with Crippen molar-refractivity contribution >= 4 is 111 Å². The van der Waals surface area contributed by atoms with Crippen molar-refractivity contribution in [1.82, 2.24) is 0 Å². The van der Waals surface area contributed by atoms with Crippen LogP contribution in [0.2, 0.25) is 0 Å². The van der Waals surface area contributed by atoms with Crippen LogP contribution in [0.4, 0.5) is 28.4 Å². The summed E-state index contributed by atoms with van der Waals surface area (Å²) < 4.78 is 169. The third-order valence-electron chi connectivity index (χ3n) is 8.19. The molecule has 0 radical (unpaired) electrons. The summed E-state index contributed by atoms with van der Waals surface area (Å²) in [5.41, 5.74) is 3.53. The number of benzene rings is 6. The molecule has 0 aromatic heterocycles. The van der Waals surface area contributed by atoms with Crippen LogP contribution in [-0.2, 0) is 50.6 Å². The van der Waals surface area contributed by atoms with Crippen LogP contribution in [0, 0.1) is 0 Å². The summed E-state index contributed by atoms with van der Waals surface area (Å²) >= 11 is 0. The van der Waals surface area contributed by atoms with E-state index in [0.29, 0.717) is 36.4 Å². The van der Waals surface area contributed by atoms with Gasteiger partial charge in [-0.25, -0.2) is 0 Å². The lowest BCUT2D eigenvalue weighted by molar-refractivity contribution is 0.470. The van der Waals surface area contributed by atoms with E-state index < -0.39 is 136 Å². The summed E-state index contributed by atoms with van der Waals surface area (Å²) in [5, 5.41) is 44.8. The van der Waals surface area contributed by atoms with E-state index in [1.807, 2.05) is 0 Å². The lowest BCUT2D eigenvalue weighted by Crippen LogP contribution is -2.02. The molecular formula is C30H21N5O18S5. The quantitative estimate of drug-likeness (QED) is 0.0528. The van der Waals surface area contributed by atoms with Crippen LogP contribution in [0.3, 0.4) is 0 Å². The van der Waals surface area contributed by atoms with Crippen LogP contribution in [0.15, 0.2) is 112 Å². The predicted molar refractivity (Wildman–Crippen MR) is 199 cm³/mol. The first-order chi connectivity index (χ1) is 26.6. The fourth-order valence-electron chi connectivity index (χ4n) is 5.76. The molecule has 6 aromatic rings. The average Bonchev–Trinajstić information content (AvgIpc) is 3.07. The number of anilines is 1. The zero-order valence-corrected chi connectivity index (χ0v) is 32.0. The summed E-state index contributed by atoms with van der Waals surface area (Å²) in [6.07, 6.45) is 0. The molecule has 23 nitrogen and oxygen atoms in total. The topological polar surface area (TPSA) is 408 Å². The maximum Gasteiger partial charge on any atom is 0.296 e. The Hall–Kier alpha value is -5.95. The van der Waals surface area contributed by atoms with Crippen molar-refractivity contribution in [3.8, 4) is 17.2 Å². The summed E-state index contributed by atoms with van der Waals surface area (Å²) in [7, 11) is -25.7. The molecule has 0 bridgehead atoms. The van der Waals surface area contributed by atoms with Crippen LogP contribution in [0.5, 0.6) is 17.2 Å². The number of rotatable bonds is 9. The fraction of sp³-hybridized carbons (Fsp3) is 0. The first-order valence-corrected chi connectivity index (χ1v) is 22.2. The van der Waals surface area contributed by atoms with Crippen LogP contribution < -0.4 is 5.73 Å². The molecule has 10 N–H and O–H groups in total. The number of hydrogen-bond donors (Lipinski definition) is 9. The minimum Gasteiger partial charge on any atom is -0.507 e. The Morgan fingerprint density at radius 3 is 1.22 bits per heavy atom. The number of azo groups is 2. The van der Waals surface area contributed by atoms with Crippen LogP contribution in [0.25, 0.3) is 32.3 Å². The smallest absolute Gasteiger partial charge is 0.296 e. The maximum atomic E-state index is 12.7. The van der Waals surface area contributed by atoms with E-state index in [1.54, 1.807) is 0 Å². The molecule has 0 atom stereocenters. The number of nitrogens with two attached hydrogens (primary N) is 1. The SMILES string of the molecule is Nc1ccc(N=Nc2ccc(S(=O)(=O)O)c3cc(S(=O)(=O)O)cc(O)c23)c2cc(S(=O)(=O)O)c(N=Nc3ccc(S(=O)(=O)O)c4cc(S(=O)(=O)O)cc(O)c34)c(O)c12. The standard InChI is InChI=1S/C30H21N5O18S5/c31-17-1-2-18(32-33-19-3-5-23(56(45,46)47)15-7-12(54(39,40)41)9-21(36)27(15)19)14-11-25(58(51,52)53)29(30(38)26(14)17)35-34-20-4-6-24(57(48,49)50)16-8-13(55(42,43)44)10-22(37)28(16)20/h1-11,36-38H,31H2,(H,39,40,41)(H,42,43,44)(H,45,46,47)(H,48,49,50)(H,51,52,53). The lowest BCUT2D eigenvalue weighted by atomic mass is 10.0. The Balaban J connectivity index is 1.57. The molecule has 0 saturated carbocycles. The zero-order valence-electron chi connectivity index (χ0n) is 27.9. The van der Waals surface area contributed by atoms with Gasteiger partial charge in [-0.3, -0.25) is 22.8 Å². The lowest BCUT2D eigenvalue weighted by Gasteiger charge is -2.13. The van der Waals surface area contributed by atoms with E-state index in [4.69, 9.17) is 5.73 Å². The number of nitrogens with zero attached hydrogens (tertiary/aromatic N) is 4. The van der Waals surface area contributed by atoms with Crippen molar-refractivity contribution in [2.75, 3.05) is 5.73 Å². The molecular weight excluding hydrogens is 879 g/mol. The second kappa shape index (κ2) is 13.9. The molecule has 0 heterocycles. The second-order valence-electron chi connectivity index (χ2n) is 11.8. The van der Waals surface area contributed by atoms with Gasteiger partial charge in [0, 0.05) is 34.0 Å². The van der Waals surface area contributed by atoms with E-state index in [9.17, 15) is 80.2 Å². The highest BCUT2D eigenvalue weighted by molar-refractivity contribution is 7.87. The Kier molecular flexibility index (Phi) is 9.96. The van der Waals surface area contributed by atoms with Crippen molar-refractivity contribution in [3.63, 3.8) is 0 Å². The molecule has 0 fully saturated rings. The number of phenols is 3. The van der Waals surface area contributed by atoms with Gasteiger partial charge in [0.1, 0.15) is 31.9 Å². The predicted octanol–water partition coefficient (Wildman–Crippen LogP) is 4.91. The van der Waals surface area contributed by atoms with E-state index in [0.717, 1.165) is 30.3 Å². The number of fused-ring (bicyclic) bond motifs is 3. The highest BCUT2D eigenvalue weighted by atomic mass is 32.2. The molecule has 6 rings (SSSR count).